The van der Waals surface area contributed by atoms with Crippen molar-refractivity contribution in [1.29, 1.82) is 0 Å². The Labute approximate surface area is 79.6 Å². The topological polar surface area (TPSA) is 37.3 Å². The molecule has 1 aliphatic carbocycles. The molecular weight excluding hydrogens is 164 g/mol. The Morgan fingerprint density at radius 3 is 2.69 bits per heavy atom. The number of carbonyl (C=O) groups is 1. The summed E-state index contributed by atoms with van der Waals surface area (Å²) in [5, 5.41) is 8.49. The molecule has 0 aromatic carbocycles. The van der Waals surface area contributed by atoms with Crippen molar-refractivity contribution in [1.82, 2.24) is 0 Å². The average Bonchev–Trinajstić information content (AvgIpc) is 2.29. The van der Waals surface area contributed by atoms with Crippen molar-refractivity contribution in [3.8, 4) is 0 Å². The van der Waals surface area contributed by atoms with E-state index in [2.05, 4.69) is 13.8 Å². The Morgan fingerprint density at radius 2 is 2.23 bits per heavy atom. The summed E-state index contributed by atoms with van der Waals surface area (Å²) in [6, 6.07) is 0. The fourth-order valence-corrected chi connectivity index (χ4v) is 2.10. The first-order valence-electron chi connectivity index (χ1n) is 4.99. The van der Waals surface area contributed by atoms with Crippen LogP contribution in [0.3, 0.4) is 0 Å². The molecule has 1 aliphatic rings. The maximum atomic E-state index is 10.3. The maximum absolute atomic E-state index is 10.3. The number of carboxylic acids is 1. The monoisotopic (exact) mass is 182 g/mol. The SMILES string of the molecule is CC1=C(CCCC(=O)O)CC(C)C1. The summed E-state index contributed by atoms with van der Waals surface area (Å²) < 4.78 is 0. The minimum absolute atomic E-state index is 0.311. The number of allylic oxidation sites excluding steroid dienone is 2. The van der Waals surface area contributed by atoms with E-state index in [0.29, 0.717) is 6.42 Å². The van der Waals surface area contributed by atoms with Gasteiger partial charge in [-0.1, -0.05) is 18.1 Å². The van der Waals surface area contributed by atoms with E-state index in [1.165, 1.54) is 24.0 Å². The van der Waals surface area contributed by atoms with Gasteiger partial charge in [-0.25, -0.2) is 0 Å². The predicted octanol–water partition coefficient (Wildman–Crippen LogP) is 2.99. The van der Waals surface area contributed by atoms with Gasteiger partial charge in [0, 0.05) is 6.42 Å². The summed E-state index contributed by atoms with van der Waals surface area (Å²) in [7, 11) is 0. The molecule has 0 bridgehead atoms. The van der Waals surface area contributed by atoms with Crippen LogP contribution >= 0.6 is 0 Å². The van der Waals surface area contributed by atoms with Crippen molar-refractivity contribution < 1.29 is 9.90 Å². The molecule has 0 heterocycles. The Bertz CT molecular complexity index is 228. The fraction of sp³-hybridized carbons (Fsp3) is 0.727. The molecule has 0 saturated heterocycles. The van der Waals surface area contributed by atoms with Gasteiger partial charge in [0.05, 0.1) is 0 Å². The van der Waals surface area contributed by atoms with Gasteiger partial charge < -0.3 is 5.11 Å². The molecule has 0 aliphatic heterocycles. The molecule has 1 unspecified atom stereocenters. The largest absolute Gasteiger partial charge is 0.481 e. The third-order valence-electron chi connectivity index (χ3n) is 2.72. The van der Waals surface area contributed by atoms with Gasteiger partial charge in [-0.2, -0.15) is 0 Å². The van der Waals surface area contributed by atoms with Crippen LogP contribution in [0.25, 0.3) is 0 Å². The zero-order valence-electron chi connectivity index (χ0n) is 8.47. The van der Waals surface area contributed by atoms with Crippen LogP contribution in [-0.4, -0.2) is 11.1 Å². The van der Waals surface area contributed by atoms with E-state index >= 15 is 0 Å². The lowest BCUT2D eigenvalue weighted by molar-refractivity contribution is -0.137. The van der Waals surface area contributed by atoms with E-state index in [-0.39, 0.29) is 0 Å². The molecule has 0 radical (unpaired) electrons. The number of aliphatic carboxylic acids is 1. The summed E-state index contributed by atoms with van der Waals surface area (Å²) in [6.45, 7) is 4.44. The summed E-state index contributed by atoms with van der Waals surface area (Å²) in [6.07, 6.45) is 4.50. The van der Waals surface area contributed by atoms with Gasteiger partial charge in [-0.05, 0) is 38.5 Å². The van der Waals surface area contributed by atoms with E-state index in [4.69, 9.17) is 5.11 Å². The summed E-state index contributed by atoms with van der Waals surface area (Å²) >= 11 is 0. The van der Waals surface area contributed by atoms with Crippen molar-refractivity contribution in [2.45, 2.75) is 46.0 Å². The molecule has 74 valence electrons. The number of hydrogen-bond acceptors (Lipinski definition) is 1. The molecule has 0 spiro atoms. The third kappa shape index (κ3) is 3.21. The van der Waals surface area contributed by atoms with Crippen LogP contribution in [0, 0.1) is 5.92 Å². The van der Waals surface area contributed by atoms with E-state index in [0.717, 1.165) is 18.8 Å². The van der Waals surface area contributed by atoms with Crippen molar-refractivity contribution in [2.24, 2.45) is 5.92 Å². The van der Waals surface area contributed by atoms with Gasteiger partial charge in [-0.15, -0.1) is 0 Å². The van der Waals surface area contributed by atoms with Crippen molar-refractivity contribution >= 4 is 5.97 Å². The van der Waals surface area contributed by atoms with Crippen molar-refractivity contribution in [3.05, 3.63) is 11.1 Å². The van der Waals surface area contributed by atoms with Crippen LogP contribution in [0.15, 0.2) is 11.1 Å². The molecule has 0 aromatic heterocycles. The highest BCUT2D eigenvalue weighted by atomic mass is 16.4. The summed E-state index contributed by atoms with van der Waals surface area (Å²) in [5.41, 5.74) is 3.01. The zero-order valence-corrected chi connectivity index (χ0v) is 8.47. The van der Waals surface area contributed by atoms with Crippen LogP contribution < -0.4 is 0 Å². The lowest BCUT2D eigenvalue weighted by Crippen LogP contribution is -1.94. The molecule has 0 amide bonds. The van der Waals surface area contributed by atoms with Gasteiger partial charge in [0.15, 0.2) is 0 Å². The Balaban J connectivity index is 2.29. The Hall–Kier alpha value is -0.790. The van der Waals surface area contributed by atoms with Crippen LogP contribution in [-0.2, 0) is 4.79 Å². The molecule has 1 atom stereocenters. The molecule has 1 N–H and O–H groups in total. The Morgan fingerprint density at radius 1 is 1.54 bits per heavy atom. The third-order valence-corrected chi connectivity index (χ3v) is 2.72. The highest BCUT2D eigenvalue weighted by molar-refractivity contribution is 5.66. The van der Waals surface area contributed by atoms with E-state index in [9.17, 15) is 4.79 Å². The predicted molar refractivity (Wildman–Crippen MR) is 52.6 cm³/mol. The summed E-state index contributed by atoms with van der Waals surface area (Å²) in [4.78, 5) is 10.3. The second-order valence-corrected chi connectivity index (χ2v) is 4.14. The van der Waals surface area contributed by atoms with Gasteiger partial charge in [0.1, 0.15) is 0 Å². The highest BCUT2D eigenvalue weighted by Crippen LogP contribution is 2.33. The van der Waals surface area contributed by atoms with Crippen molar-refractivity contribution in [2.75, 3.05) is 0 Å². The van der Waals surface area contributed by atoms with Gasteiger partial charge >= 0.3 is 5.97 Å². The molecule has 0 aromatic rings. The van der Waals surface area contributed by atoms with E-state index < -0.39 is 5.97 Å². The molecule has 0 saturated carbocycles. The van der Waals surface area contributed by atoms with Crippen LogP contribution in [0.5, 0.6) is 0 Å². The number of hydrogen-bond donors (Lipinski definition) is 1. The lowest BCUT2D eigenvalue weighted by Gasteiger charge is -2.02. The van der Waals surface area contributed by atoms with E-state index in [1.807, 2.05) is 0 Å². The van der Waals surface area contributed by atoms with Crippen molar-refractivity contribution in [3.63, 3.8) is 0 Å². The highest BCUT2D eigenvalue weighted by Gasteiger charge is 2.17. The standard InChI is InChI=1S/C11H18O2/c1-8-6-9(2)10(7-8)4-3-5-11(12)13/h8H,3-7H2,1-2H3,(H,12,13). The van der Waals surface area contributed by atoms with Gasteiger partial charge in [-0.3, -0.25) is 4.79 Å². The van der Waals surface area contributed by atoms with Crippen LogP contribution in [0.2, 0.25) is 0 Å². The molecule has 13 heavy (non-hydrogen) atoms. The van der Waals surface area contributed by atoms with Gasteiger partial charge in [0.2, 0.25) is 0 Å². The van der Waals surface area contributed by atoms with Crippen LogP contribution in [0.4, 0.5) is 0 Å². The first kappa shape index (κ1) is 10.3. The van der Waals surface area contributed by atoms with Crippen LogP contribution in [0.1, 0.15) is 46.0 Å². The normalized spacial score (nSPS) is 22.5. The first-order chi connectivity index (χ1) is 6.09. The Kier molecular flexibility index (Phi) is 3.52. The first-order valence-corrected chi connectivity index (χ1v) is 4.99. The minimum Gasteiger partial charge on any atom is -0.481 e. The fourth-order valence-electron chi connectivity index (χ4n) is 2.10. The minimum atomic E-state index is -0.677. The quantitative estimate of drug-likeness (QED) is 0.678. The molecule has 2 nitrogen and oxygen atoms in total. The number of carboxylic acid groups (broad SMARTS) is 1. The molecule has 1 rings (SSSR count). The lowest BCUT2D eigenvalue weighted by atomic mass is 10.0. The molecule has 2 heteroatoms. The zero-order chi connectivity index (χ0) is 9.84. The number of rotatable bonds is 4. The second-order valence-electron chi connectivity index (χ2n) is 4.14. The second kappa shape index (κ2) is 4.45. The molecule has 0 fully saturated rings. The smallest absolute Gasteiger partial charge is 0.303 e. The average molecular weight is 182 g/mol. The van der Waals surface area contributed by atoms with E-state index in [1.54, 1.807) is 0 Å². The maximum Gasteiger partial charge on any atom is 0.303 e. The van der Waals surface area contributed by atoms with Gasteiger partial charge in [0.25, 0.3) is 0 Å². The summed E-state index contributed by atoms with van der Waals surface area (Å²) in [5.74, 6) is 0.101. The molecular formula is C11H18O2.